The van der Waals surface area contributed by atoms with E-state index in [0.29, 0.717) is 17.6 Å². The molecule has 104 valence electrons. The molecule has 1 unspecified atom stereocenters. The van der Waals surface area contributed by atoms with Gasteiger partial charge >= 0.3 is 0 Å². The molecule has 1 aliphatic heterocycles. The number of nitrogens with zero attached hydrogens (tertiary/aromatic N) is 1. The molecule has 0 bridgehead atoms. The minimum atomic E-state index is -0.503. The van der Waals surface area contributed by atoms with Crippen LogP contribution in [0, 0.1) is 5.82 Å². The monoisotopic (exact) mass is 329 g/mol. The van der Waals surface area contributed by atoms with Crippen molar-refractivity contribution in [2.45, 2.75) is 32.5 Å². The fraction of sp³-hybridized carbons (Fsp3) is 0.500. The van der Waals surface area contributed by atoms with E-state index in [2.05, 4.69) is 15.9 Å². The molecule has 0 saturated carbocycles. The Bertz CT molecular complexity index is 504. The highest BCUT2D eigenvalue weighted by Gasteiger charge is 2.34. The molecule has 0 radical (unpaired) electrons. The smallest absolute Gasteiger partial charge is 0.257 e. The van der Waals surface area contributed by atoms with Crippen molar-refractivity contribution in [2.24, 2.45) is 0 Å². The zero-order chi connectivity index (χ0) is 14.2. The van der Waals surface area contributed by atoms with Crippen LogP contribution in [0.3, 0.4) is 0 Å². The number of carbonyl (C=O) groups excluding carboxylic acids is 1. The van der Waals surface area contributed by atoms with E-state index in [1.54, 1.807) is 11.0 Å². The van der Waals surface area contributed by atoms with Gasteiger partial charge in [-0.05, 0) is 39.0 Å². The van der Waals surface area contributed by atoms with Gasteiger partial charge in [-0.1, -0.05) is 15.9 Å². The summed E-state index contributed by atoms with van der Waals surface area (Å²) >= 11 is 3.18. The summed E-state index contributed by atoms with van der Waals surface area (Å²) in [7, 11) is 0. The van der Waals surface area contributed by atoms with Gasteiger partial charge in [0.1, 0.15) is 5.82 Å². The van der Waals surface area contributed by atoms with Crippen molar-refractivity contribution in [3.63, 3.8) is 0 Å². The van der Waals surface area contributed by atoms with E-state index in [9.17, 15) is 9.18 Å². The van der Waals surface area contributed by atoms with Crippen LogP contribution in [0.4, 0.5) is 4.39 Å². The Balaban J connectivity index is 2.24. The van der Waals surface area contributed by atoms with Gasteiger partial charge in [-0.25, -0.2) is 4.39 Å². The zero-order valence-electron chi connectivity index (χ0n) is 11.2. The largest absolute Gasteiger partial charge is 0.369 e. The molecule has 1 amide bonds. The summed E-state index contributed by atoms with van der Waals surface area (Å²) in [5.74, 6) is -0.787. The third-order valence-corrected chi connectivity index (χ3v) is 3.51. The van der Waals surface area contributed by atoms with Gasteiger partial charge in [0.2, 0.25) is 0 Å². The van der Waals surface area contributed by atoms with Crippen LogP contribution in [0.15, 0.2) is 22.7 Å². The molecule has 1 aliphatic rings. The van der Waals surface area contributed by atoms with Crippen molar-refractivity contribution in [1.29, 1.82) is 0 Å². The maximum absolute atomic E-state index is 13.8. The first-order valence-corrected chi connectivity index (χ1v) is 7.00. The summed E-state index contributed by atoms with van der Waals surface area (Å²) in [5.41, 5.74) is -0.299. The van der Waals surface area contributed by atoms with Crippen LogP contribution in [-0.2, 0) is 4.74 Å². The second-order valence-electron chi connectivity index (χ2n) is 5.50. The topological polar surface area (TPSA) is 29.5 Å². The van der Waals surface area contributed by atoms with E-state index in [-0.39, 0.29) is 17.6 Å². The van der Waals surface area contributed by atoms with Crippen molar-refractivity contribution in [2.75, 3.05) is 13.1 Å². The van der Waals surface area contributed by atoms with Crippen molar-refractivity contribution in [1.82, 2.24) is 4.90 Å². The van der Waals surface area contributed by atoms with Crippen LogP contribution >= 0.6 is 15.9 Å². The van der Waals surface area contributed by atoms with Crippen molar-refractivity contribution < 1.29 is 13.9 Å². The quantitative estimate of drug-likeness (QED) is 0.791. The number of rotatable bonds is 1. The lowest BCUT2D eigenvalue weighted by molar-refractivity contribution is -0.118. The lowest BCUT2D eigenvalue weighted by atomic mass is 10.0. The number of amides is 1. The summed E-state index contributed by atoms with van der Waals surface area (Å²) in [6, 6.07) is 4.49. The highest BCUT2D eigenvalue weighted by atomic mass is 79.9. The number of hydrogen-bond donors (Lipinski definition) is 0. The van der Waals surface area contributed by atoms with Crippen molar-refractivity contribution in [3.05, 3.63) is 34.1 Å². The predicted octanol–water partition coefficient (Wildman–Crippen LogP) is 3.23. The van der Waals surface area contributed by atoms with Crippen LogP contribution in [0.5, 0.6) is 0 Å². The molecular weight excluding hydrogens is 313 g/mol. The number of morpholine rings is 1. The van der Waals surface area contributed by atoms with E-state index in [0.717, 1.165) is 0 Å². The van der Waals surface area contributed by atoms with Gasteiger partial charge in [0.15, 0.2) is 0 Å². The predicted molar refractivity (Wildman–Crippen MR) is 74.6 cm³/mol. The summed E-state index contributed by atoms with van der Waals surface area (Å²) in [6.45, 7) is 6.73. The number of halogens is 2. The number of carbonyl (C=O) groups is 1. The Morgan fingerprint density at radius 3 is 2.79 bits per heavy atom. The molecule has 1 aromatic carbocycles. The zero-order valence-corrected chi connectivity index (χ0v) is 12.8. The second-order valence-corrected chi connectivity index (χ2v) is 6.41. The van der Waals surface area contributed by atoms with Gasteiger partial charge < -0.3 is 9.64 Å². The van der Waals surface area contributed by atoms with Gasteiger partial charge in [-0.2, -0.15) is 0 Å². The Morgan fingerprint density at radius 1 is 1.53 bits per heavy atom. The molecular formula is C14H17BrFNO2. The van der Waals surface area contributed by atoms with E-state index >= 15 is 0 Å². The Morgan fingerprint density at radius 2 is 2.21 bits per heavy atom. The number of benzene rings is 1. The highest BCUT2D eigenvalue weighted by molar-refractivity contribution is 9.10. The summed E-state index contributed by atoms with van der Waals surface area (Å²) in [5, 5.41) is 0. The summed E-state index contributed by atoms with van der Waals surface area (Å²) in [6.07, 6.45) is -0.0498. The molecule has 1 aromatic rings. The molecule has 0 N–H and O–H groups in total. The number of ether oxygens (including phenoxy) is 1. The first-order valence-electron chi connectivity index (χ1n) is 6.21. The molecule has 1 fully saturated rings. The van der Waals surface area contributed by atoms with Gasteiger partial charge in [0.25, 0.3) is 5.91 Å². The third kappa shape index (κ3) is 3.34. The first kappa shape index (κ1) is 14.5. The molecule has 0 spiro atoms. The normalized spacial score (nSPS) is 22.4. The lowest BCUT2D eigenvalue weighted by Crippen LogP contribution is -2.53. The van der Waals surface area contributed by atoms with Crippen LogP contribution in [0.25, 0.3) is 0 Å². The standard InChI is InChI=1S/C14H17BrFNO2/c1-9-7-17(8-14(2,3)19-9)13(18)11-5-4-10(15)6-12(11)16/h4-6,9H,7-8H2,1-3H3. The first-order chi connectivity index (χ1) is 8.78. The molecule has 2 rings (SSSR count). The fourth-order valence-electron chi connectivity index (χ4n) is 2.44. The molecule has 5 heteroatoms. The molecule has 0 aromatic heterocycles. The van der Waals surface area contributed by atoms with Crippen molar-refractivity contribution >= 4 is 21.8 Å². The SMILES string of the molecule is CC1CN(C(=O)c2ccc(Br)cc2F)CC(C)(C)O1. The highest BCUT2D eigenvalue weighted by Crippen LogP contribution is 2.24. The van der Waals surface area contributed by atoms with Gasteiger partial charge in [-0.3, -0.25) is 4.79 Å². The maximum Gasteiger partial charge on any atom is 0.257 e. The van der Waals surface area contributed by atoms with Gasteiger partial charge in [0.05, 0.1) is 17.3 Å². The molecule has 19 heavy (non-hydrogen) atoms. The molecule has 3 nitrogen and oxygen atoms in total. The molecule has 1 heterocycles. The minimum Gasteiger partial charge on any atom is -0.369 e. The molecule has 1 atom stereocenters. The molecule has 0 aliphatic carbocycles. The maximum atomic E-state index is 13.8. The second kappa shape index (κ2) is 5.21. The average molecular weight is 330 g/mol. The Kier molecular flexibility index (Phi) is 3.97. The minimum absolute atomic E-state index is 0.0498. The van der Waals surface area contributed by atoms with Crippen LogP contribution in [0.1, 0.15) is 31.1 Å². The van der Waals surface area contributed by atoms with Gasteiger partial charge in [0, 0.05) is 17.6 Å². The summed E-state index contributed by atoms with van der Waals surface area (Å²) < 4.78 is 20.2. The lowest BCUT2D eigenvalue weighted by Gasteiger charge is -2.41. The van der Waals surface area contributed by atoms with Crippen molar-refractivity contribution in [3.8, 4) is 0 Å². The van der Waals surface area contributed by atoms with Crippen LogP contribution < -0.4 is 0 Å². The van der Waals surface area contributed by atoms with Gasteiger partial charge in [-0.15, -0.1) is 0 Å². The summed E-state index contributed by atoms with van der Waals surface area (Å²) in [4.78, 5) is 14.0. The number of hydrogen-bond acceptors (Lipinski definition) is 2. The molecule has 1 saturated heterocycles. The Labute approximate surface area is 120 Å². The van der Waals surface area contributed by atoms with Crippen LogP contribution in [0.2, 0.25) is 0 Å². The van der Waals surface area contributed by atoms with Crippen LogP contribution in [-0.4, -0.2) is 35.6 Å². The van der Waals surface area contributed by atoms with E-state index in [4.69, 9.17) is 4.74 Å². The average Bonchev–Trinajstić information content (AvgIpc) is 2.25. The fourth-order valence-corrected chi connectivity index (χ4v) is 2.77. The third-order valence-electron chi connectivity index (χ3n) is 3.02. The van der Waals surface area contributed by atoms with E-state index in [1.807, 2.05) is 20.8 Å². The Hall–Kier alpha value is -0.940. The van der Waals surface area contributed by atoms with E-state index < -0.39 is 11.4 Å². The van der Waals surface area contributed by atoms with E-state index in [1.165, 1.54) is 12.1 Å².